The molecule has 0 bridgehead atoms. The van der Waals surface area contributed by atoms with Crippen LogP contribution in [0.2, 0.25) is 0 Å². The van der Waals surface area contributed by atoms with Crippen LogP contribution in [0, 0.1) is 0 Å². The largest absolute Gasteiger partial charge is 0.492 e. The number of hydrogen-bond acceptors (Lipinski definition) is 5. The molecule has 5 heteroatoms. The fraction of sp³-hybridized carbons (Fsp3) is 0.381. The van der Waals surface area contributed by atoms with Crippen LogP contribution in [-0.2, 0) is 16.1 Å². The molecule has 0 unspecified atom stereocenters. The lowest BCUT2D eigenvalue weighted by atomic mass is 10.1. The second kappa shape index (κ2) is 11.8. The molecule has 2 aromatic rings. The van der Waals surface area contributed by atoms with E-state index in [1.807, 2.05) is 25.1 Å². The molecule has 0 radical (unpaired) electrons. The Balaban J connectivity index is 1.59. The Labute approximate surface area is 155 Å². The molecule has 5 nitrogen and oxygen atoms in total. The Bertz CT molecular complexity index is 687. The van der Waals surface area contributed by atoms with Gasteiger partial charge in [0, 0.05) is 11.7 Å². The molecular formula is C21H26N2O3. The van der Waals surface area contributed by atoms with Crippen LogP contribution in [0.25, 0.3) is 0 Å². The minimum absolute atomic E-state index is 0.356. The number of ether oxygens (including phenoxy) is 1. The quantitative estimate of drug-likeness (QED) is 0.290. The van der Waals surface area contributed by atoms with Crippen molar-refractivity contribution in [3.05, 3.63) is 60.2 Å². The van der Waals surface area contributed by atoms with E-state index in [1.54, 1.807) is 12.1 Å². The van der Waals surface area contributed by atoms with Gasteiger partial charge in [-0.3, -0.25) is 4.84 Å². The van der Waals surface area contributed by atoms with E-state index in [9.17, 15) is 4.79 Å². The Morgan fingerprint density at radius 3 is 2.46 bits per heavy atom. The molecule has 0 saturated carbocycles. The summed E-state index contributed by atoms with van der Waals surface area (Å²) in [4.78, 5) is 16.5. The van der Waals surface area contributed by atoms with Crippen LogP contribution >= 0.6 is 0 Å². The molecule has 0 spiro atoms. The molecule has 0 saturated heterocycles. The van der Waals surface area contributed by atoms with Gasteiger partial charge in [-0.2, -0.15) is 0 Å². The number of hydrogen-bond donors (Lipinski definition) is 0. The Hall–Kier alpha value is -2.69. The summed E-state index contributed by atoms with van der Waals surface area (Å²) in [6.45, 7) is 2.43. The number of rotatable bonds is 11. The standard InChI is InChI=1S/C21H26N2O3/c1-2-25-20-16-11-10-15-19(20)22-23-26-21(24)17-9-4-3-6-12-18-13-7-5-8-14-18/h5,7-8,10-11,13-16H,2-4,6,9,12,17H2,1H3. The third-order valence-electron chi connectivity index (χ3n) is 3.90. The van der Waals surface area contributed by atoms with Crippen molar-refractivity contribution in [3.63, 3.8) is 0 Å². The zero-order chi connectivity index (χ0) is 18.5. The lowest BCUT2D eigenvalue weighted by Crippen LogP contribution is -1.99. The number of benzene rings is 2. The van der Waals surface area contributed by atoms with E-state index < -0.39 is 0 Å². The summed E-state index contributed by atoms with van der Waals surface area (Å²) in [5.74, 6) is 0.263. The SMILES string of the molecule is CCOc1ccccc1N=NOC(=O)CCCCCCc1ccccc1. The topological polar surface area (TPSA) is 60.3 Å². The molecule has 0 aromatic heterocycles. The van der Waals surface area contributed by atoms with Gasteiger partial charge < -0.3 is 4.74 Å². The van der Waals surface area contributed by atoms with Crippen LogP contribution in [-0.4, -0.2) is 12.6 Å². The van der Waals surface area contributed by atoms with Gasteiger partial charge in [0.2, 0.25) is 0 Å². The highest BCUT2D eigenvalue weighted by molar-refractivity contribution is 5.68. The van der Waals surface area contributed by atoms with E-state index in [1.165, 1.54) is 5.56 Å². The van der Waals surface area contributed by atoms with Crippen molar-refractivity contribution in [1.29, 1.82) is 0 Å². The van der Waals surface area contributed by atoms with Crippen LogP contribution < -0.4 is 4.74 Å². The first-order valence-corrected chi connectivity index (χ1v) is 9.16. The maximum Gasteiger partial charge on any atom is 0.336 e. The molecule has 26 heavy (non-hydrogen) atoms. The van der Waals surface area contributed by atoms with Gasteiger partial charge in [0.05, 0.1) is 6.61 Å². The maximum atomic E-state index is 11.7. The Morgan fingerprint density at radius 1 is 0.923 bits per heavy atom. The predicted molar refractivity (Wildman–Crippen MR) is 101 cm³/mol. The van der Waals surface area contributed by atoms with E-state index in [0.29, 0.717) is 24.5 Å². The average molecular weight is 354 g/mol. The van der Waals surface area contributed by atoms with E-state index in [4.69, 9.17) is 9.57 Å². The third kappa shape index (κ3) is 7.47. The lowest BCUT2D eigenvalue weighted by Gasteiger charge is -2.04. The molecule has 0 atom stereocenters. The number of unbranched alkanes of at least 4 members (excludes halogenated alkanes) is 3. The van der Waals surface area contributed by atoms with Gasteiger partial charge in [-0.05, 0) is 43.9 Å². The first-order valence-electron chi connectivity index (χ1n) is 9.16. The van der Waals surface area contributed by atoms with Crippen LogP contribution in [0.4, 0.5) is 5.69 Å². The smallest absolute Gasteiger partial charge is 0.336 e. The van der Waals surface area contributed by atoms with Crippen molar-refractivity contribution >= 4 is 11.7 Å². The highest BCUT2D eigenvalue weighted by atomic mass is 16.7. The lowest BCUT2D eigenvalue weighted by molar-refractivity contribution is -0.144. The number of carbonyl (C=O) groups is 1. The summed E-state index contributed by atoms with van der Waals surface area (Å²) >= 11 is 0. The van der Waals surface area contributed by atoms with Crippen molar-refractivity contribution in [2.45, 2.75) is 45.4 Å². The first-order chi connectivity index (χ1) is 12.8. The van der Waals surface area contributed by atoms with Gasteiger partial charge in [-0.25, -0.2) is 4.79 Å². The van der Waals surface area contributed by atoms with E-state index in [0.717, 1.165) is 32.1 Å². The van der Waals surface area contributed by atoms with E-state index >= 15 is 0 Å². The van der Waals surface area contributed by atoms with Gasteiger partial charge in [0.15, 0.2) is 0 Å². The summed E-state index contributed by atoms with van der Waals surface area (Å²) in [5, 5.41) is 7.45. The summed E-state index contributed by atoms with van der Waals surface area (Å²) in [7, 11) is 0. The maximum absolute atomic E-state index is 11.7. The predicted octanol–water partition coefficient (Wildman–Crippen LogP) is 5.82. The van der Waals surface area contributed by atoms with Gasteiger partial charge in [-0.15, -0.1) is 5.11 Å². The molecule has 0 aliphatic carbocycles. The third-order valence-corrected chi connectivity index (χ3v) is 3.90. The number of carbonyl (C=O) groups excluding carboxylic acids is 1. The van der Waals surface area contributed by atoms with Gasteiger partial charge in [-0.1, -0.05) is 55.3 Å². The van der Waals surface area contributed by atoms with Crippen LogP contribution in [0.15, 0.2) is 65.0 Å². The minimum Gasteiger partial charge on any atom is -0.492 e. The molecule has 2 aromatic carbocycles. The molecule has 0 amide bonds. The van der Waals surface area contributed by atoms with E-state index in [2.05, 4.69) is 34.7 Å². The Morgan fingerprint density at radius 2 is 1.65 bits per heavy atom. The van der Waals surface area contributed by atoms with E-state index in [-0.39, 0.29) is 5.97 Å². The average Bonchev–Trinajstić information content (AvgIpc) is 2.67. The number of nitrogens with zero attached hydrogens (tertiary/aromatic N) is 2. The number of aryl methyl sites for hydroxylation is 1. The molecule has 0 aliphatic heterocycles. The van der Waals surface area contributed by atoms with Crippen LogP contribution in [0.3, 0.4) is 0 Å². The molecule has 2 rings (SSSR count). The van der Waals surface area contributed by atoms with Gasteiger partial charge >= 0.3 is 5.97 Å². The normalized spacial score (nSPS) is 10.8. The molecule has 0 heterocycles. The second-order valence-corrected chi connectivity index (χ2v) is 5.95. The van der Waals surface area contributed by atoms with Crippen LogP contribution in [0.1, 0.15) is 44.6 Å². The minimum atomic E-state index is -0.356. The zero-order valence-corrected chi connectivity index (χ0v) is 15.3. The fourth-order valence-corrected chi connectivity index (χ4v) is 2.57. The molecule has 0 aliphatic rings. The van der Waals surface area contributed by atoms with Crippen molar-refractivity contribution < 1.29 is 14.4 Å². The summed E-state index contributed by atoms with van der Waals surface area (Å²) in [6, 6.07) is 17.7. The highest BCUT2D eigenvalue weighted by Gasteiger charge is 2.04. The zero-order valence-electron chi connectivity index (χ0n) is 15.3. The van der Waals surface area contributed by atoms with Crippen molar-refractivity contribution in [3.8, 4) is 5.75 Å². The summed E-state index contributed by atoms with van der Waals surface area (Å²) in [6.07, 6.45) is 5.49. The summed E-state index contributed by atoms with van der Waals surface area (Å²) < 4.78 is 5.43. The Kier molecular flexibility index (Phi) is 8.90. The highest BCUT2D eigenvalue weighted by Crippen LogP contribution is 2.27. The molecular weight excluding hydrogens is 328 g/mol. The van der Waals surface area contributed by atoms with Crippen LogP contribution in [0.5, 0.6) is 5.75 Å². The molecule has 138 valence electrons. The van der Waals surface area contributed by atoms with Crippen molar-refractivity contribution in [2.24, 2.45) is 10.4 Å². The fourth-order valence-electron chi connectivity index (χ4n) is 2.57. The molecule has 0 N–H and O–H groups in total. The first kappa shape index (κ1) is 19.6. The van der Waals surface area contributed by atoms with Crippen molar-refractivity contribution in [2.75, 3.05) is 6.61 Å². The number of para-hydroxylation sites is 1. The summed E-state index contributed by atoms with van der Waals surface area (Å²) in [5.41, 5.74) is 1.91. The molecule has 0 fully saturated rings. The monoisotopic (exact) mass is 354 g/mol. The second-order valence-electron chi connectivity index (χ2n) is 5.95. The van der Waals surface area contributed by atoms with Gasteiger partial charge in [0.1, 0.15) is 11.4 Å². The van der Waals surface area contributed by atoms with Crippen molar-refractivity contribution in [1.82, 2.24) is 0 Å². The van der Waals surface area contributed by atoms with Gasteiger partial charge in [0.25, 0.3) is 0 Å².